The maximum atomic E-state index is 14.9. The van der Waals surface area contributed by atoms with Crippen LogP contribution in [0.2, 0.25) is 5.02 Å². The van der Waals surface area contributed by atoms with Gasteiger partial charge in [-0.3, -0.25) is 9.79 Å². The number of benzene rings is 1. The third-order valence-electron chi connectivity index (χ3n) is 5.50. The minimum atomic E-state index is -1.05. The first-order chi connectivity index (χ1) is 13.9. The van der Waals surface area contributed by atoms with E-state index in [4.69, 9.17) is 17.3 Å². The Morgan fingerprint density at radius 3 is 2.97 bits per heavy atom. The van der Waals surface area contributed by atoms with E-state index in [0.717, 1.165) is 25.3 Å². The third-order valence-corrected chi connectivity index (χ3v) is 6.77. The largest absolute Gasteiger partial charge is 0.379 e. The molecule has 1 aromatic carbocycles. The molecule has 1 aromatic heterocycles. The number of halogens is 3. The fraction of sp³-hybridized carbons (Fsp3) is 0.350. The van der Waals surface area contributed by atoms with Crippen LogP contribution < -0.4 is 11.1 Å². The van der Waals surface area contributed by atoms with Crippen LogP contribution in [0.15, 0.2) is 35.5 Å². The van der Waals surface area contributed by atoms with Gasteiger partial charge >= 0.3 is 0 Å². The number of nitrogens with one attached hydrogen (secondary N) is 1. The molecule has 5 nitrogen and oxygen atoms in total. The Morgan fingerprint density at radius 1 is 1.34 bits per heavy atom. The molecule has 1 aliphatic heterocycles. The number of pyridine rings is 1. The van der Waals surface area contributed by atoms with Crippen molar-refractivity contribution in [1.82, 2.24) is 4.98 Å². The van der Waals surface area contributed by atoms with Crippen molar-refractivity contribution in [3.8, 4) is 0 Å². The molecular formula is C20H19ClF2N4OS. The second-order valence-corrected chi connectivity index (χ2v) is 8.68. The van der Waals surface area contributed by atoms with Gasteiger partial charge in [0, 0.05) is 29.3 Å². The van der Waals surface area contributed by atoms with Gasteiger partial charge in [0.2, 0.25) is 0 Å². The van der Waals surface area contributed by atoms with Gasteiger partial charge in [-0.25, -0.2) is 13.8 Å². The number of amides is 1. The van der Waals surface area contributed by atoms with E-state index in [1.165, 1.54) is 30.1 Å². The number of nitrogens with two attached hydrogens (primary N) is 1. The van der Waals surface area contributed by atoms with Crippen LogP contribution in [0.25, 0.3) is 0 Å². The number of amidine groups is 1. The second kappa shape index (κ2) is 7.91. The van der Waals surface area contributed by atoms with E-state index in [2.05, 4.69) is 15.3 Å². The molecule has 0 spiro atoms. The Kier molecular flexibility index (Phi) is 5.48. The van der Waals surface area contributed by atoms with E-state index >= 15 is 0 Å². The number of fused-ring (bicyclic) bond motifs is 1. The number of anilines is 1. The molecule has 2 heterocycles. The molecule has 0 bridgehead atoms. The topological polar surface area (TPSA) is 80.4 Å². The number of aromatic nitrogens is 1. The predicted molar refractivity (Wildman–Crippen MR) is 111 cm³/mol. The van der Waals surface area contributed by atoms with E-state index in [-0.39, 0.29) is 27.9 Å². The minimum Gasteiger partial charge on any atom is -0.379 e. The average Bonchev–Trinajstić information content (AvgIpc) is 2.70. The second-order valence-electron chi connectivity index (χ2n) is 7.24. The first-order valence-electron chi connectivity index (χ1n) is 9.30. The van der Waals surface area contributed by atoms with Gasteiger partial charge in [0.25, 0.3) is 5.91 Å². The van der Waals surface area contributed by atoms with E-state index in [0.29, 0.717) is 17.3 Å². The zero-order chi connectivity index (χ0) is 20.6. The maximum Gasteiger partial charge on any atom is 0.275 e. The molecule has 1 aliphatic carbocycles. The SMILES string of the molecule is NC1=NC2(c3cc(NC(=O)c4ncccc4Cl)cc(F)c3F)CCCCC2CS1. The van der Waals surface area contributed by atoms with Crippen molar-refractivity contribution >= 4 is 40.1 Å². The summed E-state index contributed by atoms with van der Waals surface area (Å²) in [5, 5.41) is 3.11. The average molecular weight is 437 g/mol. The summed E-state index contributed by atoms with van der Waals surface area (Å²) in [7, 11) is 0. The first kappa shape index (κ1) is 20.1. The lowest BCUT2D eigenvalue weighted by Crippen LogP contribution is -2.43. The lowest BCUT2D eigenvalue weighted by molar-refractivity contribution is 0.102. The molecule has 3 N–H and O–H groups in total. The van der Waals surface area contributed by atoms with Gasteiger partial charge in [-0.15, -0.1) is 0 Å². The van der Waals surface area contributed by atoms with E-state index in [9.17, 15) is 13.6 Å². The molecule has 2 aliphatic rings. The van der Waals surface area contributed by atoms with E-state index < -0.39 is 23.1 Å². The van der Waals surface area contributed by atoms with Gasteiger partial charge in [-0.05, 0) is 37.0 Å². The number of nitrogens with zero attached hydrogens (tertiary/aromatic N) is 2. The highest BCUT2D eigenvalue weighted by molar-refractivity contribution is 8.13. The van der Waals surface area contributed by atoms with Crippen molar-refractivity contribution in [3.05, 3.63) is 58.4 Å². The van der Waals surface area contributed by atoms with Crippen LogP contribution >= 0.6 is 23.4 Å². The van der Waals surface area contributed by atoms with Gasteiger partial charge in [0.1, 0.15) is 5.69 Å². The molecule has 1 fully saturated rings. The van der Waals surface area contributed by atoms with Gasteiger partial charge in [-0.1, -0.05) is 36.2 Å². The molecule has 1 saturated carbocycles. The van der Waals surface area contributed by atoms with Crippen molar-refractivity contribution in [2.24, 2.45) is 16.6 Å². The number of carbonyl (C=O) groups excluding carboxylic acids is 1. The van der Waals surface area contributed by atoms with Crippen molar-refractivity contribution in [2.75, 3.05) is 11.1 Å². The van der Waals surface area contributed by atoms with Gasteiger partial charge in [0.05, 0.1) is 10.6 Å². The third kappa shape index (κ3) is 3.71. The molecule has 4 rings (SSSR count). The highest BCUT2D eigenvalue weighted by Gasteiger charge is 2.46. The van der Waals surface area contributed by atoms with Crippen molar-refractivity contribution in [1.29, 1.82) is 0 Å². The normalized spacial score (nSPS) is 23.8. The minimum absolute atomic E-state index is 0.00508. The molecule has 152 valence electrons. The monoisotopic (exact) mass is 436 g/mol. The standard InChI is InChI=1S/C20H19ClF2N4OS/c21-14-5-3-7-25-17(14)18(28)26-12-8-13(16(23)15(22)9-12)20-6-2-1-4-11(20)10-29-19(24)27-20/h3,5,7-9,11H,1-2,4,6,10H2,(H2,24,27)(H,26,28). The number of carbonyl (C=O) groups is 1. The van der Waals surface area contributed by atoms with Crippen molar-refractivity contribution < 1.29 is 13.6 Å². The summed E-state index contributed by atoms with van der Waals surface area (Å²) in [6, 6.07) is 5.54. The number of hydrogen-bond donors (Lipinski definition) is 2. The Labute approximate surface area is 176 Å². The fourth-order valence-corrected chi connectivity index (χ4v) is 5.39. The van der Waals surface area contributed by atoms with Crippen LogP contribution in [0.4, 0.5) is 14.5 Å². The zero-order valence-corrected chi connectivity index (χ0v) is 17.0. The highest BCUT2D eigenvalue weighted by atomic mass is 35.5. The van der Waals surface area contributed by atoms with Crippen LogP contribution in [-0.4, -0.2) is 21.8 Å². The lowest BCUT2D eigenvalue weighted by Gasteiger charge is -2.44. The van der Waals surface area contributed by atoms with Crippen molar-refractivity contribution in [3.63, 3.8) is 0 Å². The molecule has 29 heavy (non-hydrogen) atoms. The van der Waals surface area contributed by atoms with Crippen molar-refractivity contribution in [2.45, 2.75) is 31.2 Å². The molecule has 1 amide bonds. The Morgan fingerprint density at radius 2 is 2.17 bits per heavy atom. The van der Waals surface area contributed by atoms with Crippen LogP contribution in [0.1, 0.15) is 41.7 Å². The molecule has 0 saturated heterocycles. The van der Waals surface area contributed by atoms with E-state index in [1.54, 1.807) is 6.07 Å². The molecular weight excluding hydrogens is 418 g/mol. The Bertz CT molecular complexity index is 1000. The molecule has 2 unspecified atom stereocenters. The number of hydrogen-bond acceptors (Lipinski definition) is 5. The maximum absolute atomic E-state index is 14.9. The summed E-state index contributed by atoms with van der Waals surface area (Å²) in [6.07, 6.45) is 4.74. The number of aliphatic imine (C=N–C) groups is 1. The van der Waals surface area contributed by atoms with Crippen LogP contribution in [0.3, 0.4) is 0 Å². The summed E-state index contributed by atoms with van der Waals surface area (Å²) >= 11 is 7.45. The van der Waals surface area contributed by atoms with Crippen LogP contribution in [-0.2, 0) is 5.54 Å². The summed E-state index contributed by atoms with van der Waals surface area (Å²) in [5.41, 5.74) is 5.31. The predicted octanol–water partition coefficient (Wildman–Crippen LogP) is 4.71. The summed E-state index contributed by atoms with van der Waals surface area (Å²) in [4.78, 5) is 21.1. The highest BCUT2D eigenvalue weighted by Crippen LogP contribution is 2.50. The summed E-state index contributed by atoms with van der Waals surface area (Å²) < 4.78 is 29.5. The molecule has 2 atom stereocenters. The Hall–Kier alpha value is -2.19. The first-order valence-corrected chi connectivity index (χ1v) is 10.7. The lowest BCUT2D eigenvalue weighted by atomic mass is 9.69. The number of thioether (sulfide) groups is 1. The van der Waals surface area contributed by atoms with Gasteiger partial charge in [0.15, 0.2) is 16.8 Å². The van der Waals surface area contributed by atoms with E-state index in [1.807, 2.05) is 0 Å². The van der Waals surface area contributed by atoms with Crippen LogP contribution in [0, 0.1) is 17.6 Å². The quantitative estimate of drug-likeness (QED) is 0.730. The number of rotatable bonds is 3. The molecule has 0 radical (unpaired) electrons. The molecule has 2 aromatic rings. The molecule has 9 heteroatoms. The smallest absolute Gasteiger partial charge is 0.275 e. The summed E-state index contributed by atoms with van der Waals surface area (Å²) in [5.74, 6) is -1.84. The Balaban J connectivity index is 1.75. The zero-order valence-electron chi connectivity index (χ0n) is 15.4. The van der Waals surface area contributed by atoms with Gasteiger partial charge < -0.3 is 11.1 Å². The fourth-order valence-electron chi connectivity index (χ4n) is 4.15. The summed E-state index contributed by atoms with van der Waals surface area (Å²) in [6.45, 7) is 0. The van der Waals surface area contributed by atoms with Gasteiger partial charge in [-0.2, -0.15) is 0 Å². The van der Waals surface area contributed by atoms with Crippen LogP contribution in [0.5, 0.6) is 0 Å².